The Labute approximate surface area is 188 Å². The van der Waals surface area contributed by atoms with Gasteiger partial charge in [-0.2, -0.15) is 0 Å². The minimum atomic E-state index is -0.460. The fourth-order valence-corrected chi connectivity index (χ4v) is 5.27. The molecule has 0 aliphatic carbocycles. The normalized spacial score (nSPS) is 13.5. The molecule has 0 aliphatic heterocycles. The summed E-state index contributed by atoms with van der Waals surface area (Å²) < 4.78 is 1.98. The van der Waals surface area contributed by atoms with Crippen molar-refractivity contribution in [1.82, 2.24) is 15.0 Å². The molecule has 4 N–H and O–H groups in total. The molecule has 0 saturated heterocycles. The van der Waals surface area contributed by atoms with Gasteiger partial charge in [-0.05, 0) is 36.2 Å². The van der Waals surface area contributed by atoms with E-state index in [4.69, 9.17) is 33.0 Å². The van der Waals surface area contributed by atoms with Gasteiger partial charge in [0.1, 0.15) is 0 Å². The summed E-state index contributed by atoms with van der Waals surface area (Å²) in [5.74, 6) is 0.590. The lowest BCUT2D eigenvalue weighted by molar-refractivity contribution is 0.537. The van der Waals surface area contributed by atoms with Gasteiger partial charge < -0.3 is 11.5 Å². The van der Waals surface area contributed by atoms with E-state index in [0.717, 1.165) is 37.1 Å². The molecule has 0 radical (unpaired) electrons. The number of pyridine rings is 1. The Morgan fingerprint density at radius 2 is 1.68 bits per heavy atom. The van der Waals surface area contributed by atoms with Crippen LogP contribution in [0.4, 0.5) is 0 Å². The van der Waals surface area contributed by atoms with Crippen LogP contribution in [0.1, 0.15) is 17.3 Å². The molecule has 7 heteroatoms. The Morgan fingerprint density at radius 3 is 2.45 bits per heavy atom. The first-order valence-electron chi connectivity index (χ1n) is 9.96. The summed E-state index contributed by atoms with van der Waals surface area (Å²) in [6.45, 7) is 0. The van der Waals surface area contributed by atoms with E-state index in [1.165, 1.54) is 0 Å². The molecular formula is C24H20ClN5S. The Hall–Kier alpha value is -2.90. The topological polar surface area (TPSA) is 90.7 Å². The van der Waals surface area contributed by atoms with Crippen molar-refractivity contribution < 1.29 is 0 Å². The summed E-state index contributed by atoms with van der Waals surface area (Å²) in [7, 11) is 0. The molecule has 5 aromatic rings. The molecule has 5 rings (SSSR count). The third kappa shape index (κ3) is 3.79. The fraction of sp³-hybridized carbons (Fsp3) is 0.125. The van der Waals surface area contributed by atoms with Crippen molar-refractivity contribution >= 4 is 43.2 Å². The smallest absolute Gasteiger partial charge is 0.160 e. The average molecular weight is 446 g/mol. The molecule has 2 aromatic carbocycles. The summed E-state index contributed by atoms with van der Waals surface area (Å²) >= 11 is 8.16. The van der Waals surface area contributed by atoms with Crippen LogP contribution in [0.2, 0.25) is 5.02 Å². The van der Waals surface area contributed by atoms with E-state index in [1.54, 1.807) is 23.7 Å². The Morgan fingerprint density at radius 1 is 0.903 bits per heavy atom. The molecule has 3 heterocycles. The summed E-state index contributed by atoms with van der Waals surface area (Å²) in [6, 6.07) is 19.0. The number of hydrogen-bond donors (Lipinski definition) is 2. The summed E-state index contributed by atoms with van der Waals surface area (Å²) in [4.78, 5) is 13.9. The van der Waals surface area contributed by atoms with Crippen LogP contribution < -0.4 is 11.5 Å². The van der Waals surface area contributed by atoms with Crippen LogP contribution in [0.25, 0.3) is 31.7 Å². The molecule has 2 atom stereocenters. The van der Waals surface area contributed by atoms with E-state index in [2.05, 4.69) is 17.1 Å². The monoisotopic (exact) mass is 445 g/mol. The number of rotatable bonds is 5. The van der Waals surface area contributed by atoms with Crippen molar-refractivity contribution in [3.05, 3.63) is 89.3 Å². The first-order valence-corrected chi connectivity index (χ1v) is 11.2. The second-order valence-corrected chi connectivity index (χ2v) is 8.90. The molecule has 0 aliphatic rings. The van der Waals surface area contributed by atoms with E-state index in [-0.39, 0.29) is 6.04 Å². The minimum absolute atomic E-state index is 0.300. The van der Waals surface area contributed by atoms with Gasteiger partial charge in [-0.25, -0.2) is 9.97 Å². The Balaban J connectivity index is 1.68. The van der Waals surface area contributed by atoms with Crippen LogP contribution in [-0.4, -0.2) is 21.0 Å². The molecule has 0 fully saturated rings. The van der Waals surface area contributed by atoms with Crippen molar-refractivity contribution in [2.45, 2.75) is 18.5 Å². The van der Waals surface area contributed by atoms with Gasteiger partial charge in [0, 0.05) is 34.1 Å². The molecule has 31 heavy (non-hydrogen) atoms. The zero-order valence-corrected chi connectivity index (χ0v) is 18.1. The molecule has 2 unspecified atom stereocenters. The molecule has 154 valence electrons. The highest BCUT2D eigenvalue weighted by Crippen LogP contribution is 2.40. The highest BCUT2D eigenvalue weighted by Gasteiger charge is 2.24. The standard InChI is InChI=1S/C24H20ClN5S/c25-16-7-4-8-18-19(16)21-23(31-18)22(30-24(29-21)15-9-11-28-12-10-15)20(27)17(26)13-14-5-2-1-3-6-14/h1-12,17,20H,13,26-27H2. The van der Waals surface area contributed by atoms with Gasteiger partial charge in [0.05, 0.1) is 27.0 Å². The van der Waals surface area contributed by atoms with Crippen molar-refractivity contribution in [3.8, 4) is 11.4 Å². The number of nitrogens with zero attached hydrogens (tertiary/aromatic N) is 3. The quantitative estimate of drug-likeness (QED) is 0.391. The van der Waals surface area contributed by atoms with Crippen molar-refractivity contribution in [3.63, 3.8) is 0 Å². The maximum Gasteiger partial charge on any atom is 0.160 e. The zero-order valence-electron chi connectivity index (χ0n) is 16.6. The molecule has 5 nitrogen and oxygen atoms in total. The highest BCUT2D eigenvalue weighted by molar-refractivity contribution is 7.26. The number of thiophene rings is 1. The Bertz CT molecular complexity index is 1350. The van der Waals surface area contributed by atoms with Crippen LogP contribution in [0.15, 0.2) is 73.1 Å². The minimum Gasteiger partial charge on any atom is -0.326 e. The first-order chi connectivity index (χ1) is 15.1. The molecule has 0 spiro atoms. The summed E-state index contributed by atoms with van der Waals surface area (Å²) in [6.07, 6.45) is 4.11. The van der Waals surface area contributed by atoms with Crippen LogP contribution in [0.3, 0.4) is 0 Å². The van der Waals surface area contributed by atoms with Gasteiger partial charge >= 0.3 is 0 Å². The Kier molecular flexibility index (Phi) is 5.38. The first kappa shape index (κ1) is 20.0. The van der Waals surface area contributed by atoms with Crippen molar-refractivity contribution in [1.29, 1.82) is 0 Å². The summed E-state index contributed by atoms with van der Waals surface area (Å²) in [5, 5.41) is 1.59. The summed E-state index contributed by atoms with van der Waals surface area (Å²) in [5.41, 5.74) is 16.8. The average Bonchev–Trinajstić information content (AvgIpc) is 3.19. The molecule has 0 amide bonds. The highest BCUT2D eigenvalue weighted by atomic mass is 35.5. The van der Waals surface area contributed by atoms with Crippen LogP contribution >= 0.6 is 22.9 Å². The fourth-order valence-electron chi connectivity index (χ4n) is 3.74. The molecular weight excluding hydrogens is 426 g/mol. The number of halogens is 1. The second-order valence-electron chi connectivity index (χ2n) is 7.44. The molecule has 3 aromatic heterocycles. The lowest BCUT2D eigenvalue weighted by atomic mass is 9.98. The van der Waals surface area contributed by atoms with Crippen LogP contribution in [0.5, 0.6) is 0 Å². The largest absolute Gasteiger partial charge is 0.326 e. The van der Waals surface area contributed by atoms with Gasteiger partial charge in [-0.15, -0.1) is 11.3 Å². The number of hydrogen-bond acceptors (Lipinski definition) is 6. The van der Waals surface area contributed by atoms with Gasteiger partial charge in [0.25, 0.3) is 0 Å². The van der Waals surface area contributed by atoms with Gasteiger partial charge in [-0.3, -0.25) is 4.98 Å². The third-order valence-corrected chi connectivity index (χ3v) is 6.83. The maximum atomic E-state index is 6.71. The van der Waals surface area contributed by atoms with E-state index in [0.29, 0.717) is 17.3 Å². The molecule has 0 saturated carbocycles. The lowest BCUT2D eigenvalue weighted by Crippen LogP contribution is -2.36. The second kappa shape index (κ2) is 8.32. The van der Waals surface area contributed by atoms with E-state index < -0.39 is 6.04 Å². The van der Waals surface area contributed by atoms with Crippen LogP contribution in [0, 0.1) is 0 Å². The van der Waals surface area contributed by atoms with Crippen molar-refractivity contribution in [2.24, 2.45) is 11.5 Å². The van der Waals surface area contributed by atoms with Crippen LogP contribution in [-0.2, 0) is 6.42 Å². The van der Waals surface area contributed by atoms with E-state index in [9.17, 15) is 0 Å². The third-order valence-electron chi connectivity index (χ3n) is 5.35. The number of nitrogens with two attached hydrogens (primary N) is 2. The molecule has 0 bridgehead atoms. The lowest BCUT2D eigenvalue weighted by Gasteiger charge is -2.20. The van der Waals surface area contributed by atoms with Crippen molar-refractivity contribution in [2.75, 3.05) is 0 Å². The van der Waals surface area contributed by atoms with E-state index in [1.807, 2.05) is 48.5 Å². The predicted octanol–water partition coefficient (Wildman–Crippen LogP) is 5.13. The van der Waals surface area contributed by atoms with E-state index >= 15 is 0 Å². The zero-order chi connectivity index (χ0) is 21.4. The van der Waals surface area contributed by atoms with Gasteiger partial charge in [0.2, 0.25) is 0 Å². The predicted molar refractivity (Wildman–Crippen MR) is 128 cm³/mol. The SMILES string of the molecule is NC(Cc1ccccc1)C(N)c1nc(-c2ccncc2)nc2c1sc1cccc(Cl)c12. The number of aromatic nitrogens is 3. The van der Waals surface area contributed by atoms with Gasteiger partial charge in [-0.1, -0.05) is 48.0 Å². The van der Waals surface area contributed by atoms with Gasteiger partial charge in [0.15, 0.2) is 5.82 Å². The number of fused-ring (bicyclic) bond motifs is 3. The maximum absolute atomic E-state index is 6.71. The number of benzene rings is 2.